The molecule has 24 heavy (non-hydrogen) atoms. The van der Waals surface area contributed by atoms with Crippen molar-refractivity contribution in [2.45, 2.75) is 18.2 Å². The largest absolute Gasteiger partial charge is 0.300 e. The van der Waals surface area contributed by atoms with Crippen molar-refractivity contribution in [1.82, 2.24) is 19.0 Å². The molecule has 0 aliphatic carbocycles. The summed E-state index contributed by atoms with van der Waals surface area (Å²) in [5, 5.41) is 4.18. The monoisotopic (exact) mass is 348 g/mol. The molecule has 0 unspecified atom stereocenters. The van der Waals surface area contributed by atoms with Gasteiger partial charge in [-0.3, -0.25) is 4.68 Å². The first-order valence-electron chi connectivity index (χ1n) is 8.23. The molecule has 0 amide bonds. The van der Waals surface area contributed by atoms with Gasteiger partial charge in [-0.1, -0.05) is 17.7 Å². The lowest BCUT2D eigenvalue weighted by Crippen LogP contribution is -2.49. The molecule has 2 heterocycles. The van der Waals surface area contributed by atoms with Crippen molar-refractivity contribution in [1.29, 1.82) is 0 Å². The van der Waals surface area contributed by atoms with Crippen LogP contribution in [0.2, 0.25) is 0 Å². The highest BCUT2D eigenvalue weighted by atomic mass is 32.2. The topological polar surface area (TPSA) is 58.4 Å². The maximum atomic E-state index is 12.7. The molecule has 0 spiro atoms. The summed E-state index contributed by atoms with van der Waals surface area (Å²) in [5.74, 6) is 0. The van der Waals surface area contributed by atoms with Gasteiger partial charge in [0.15, 0.2) is 0 Å². The fourth-order valence-electron chi connectivity index (χ4n) is 2.97. The first-order chi connectivity index (χ1) is 11.5. The molecule has 1 aromatic carbocycles. The first kappa shape index (κ1) is 17.1. The van der Waals surface area contributed by atoms with E-state index >= 15 is 0 Å². The predicted octanol–water partition coefficient (Wildman–Crippen LogP) is 1.28. The molecule has 0 atom stereocenters. The molecule has 130 valence electrons. The number of hydrogen-bond donors (Lipinski definition) is 0. The average molecular weight is 348 g/mol. The van der Waals surface area contributed by atoms with E-state index in [0.29, 0.717) is 18.0 Å². The Bertz CT molecular complexity index is 775. The van der Waals surface area contributed by atoms with E-state index in [2.05, 4.69) is 10.00 Å². The average Bonchev–Trinajstić information content (AvgIpc) is 2.99. The van der Waals surface area contributed by atoms with Crippen LogP contribution in [0.1, 0.15) is 11.3 Å². The molecule has 1 aliphatic heterocycles. The summed E-state index contributed by atoms with van der Waals surface area (Å²) in [6.07, 6.45) is 2.74. The lowest BCUT2D eigenvalue weighted by Gasteiger charge is -2.34. The second kappa shape index (κ2) is 7.04. The second-order valence-corrected chi connectivity index (χ2v) is 8.19. The Labute approximate surface area is 143 Å². The summed E-state index contributed by atoms with van der Waals surface area (Å²) < 4.78 is 28.9. The van der Waals surface area contributed by atoms with E-state index < -0.39 is 10.0 Å². The van der Waals surface area contributed by atoms with Gasteiger partial charge in [0.05, 0.1) is 4.90 Å². The zero-order valence-electron chi connectivity index (χ0n) is 14.2. The van der Waals surface area contributed by atoms with Crippen molar-refractivity contribution in [2.75, 3.05) is 32.7 Å². The van der Waals surface area contributed by atoms with Crippen molar-refractivity contribution in [3.05, 3.63) is 47.8 Å². The molecule has 1 saturated heterocycles. The molecule has 1 fully saturated rings. The van der Waals surface area contributed by atoms with Crippen LogP contribution in [-0.4, -0.2) is 60.1 Å². The molecule has 1 aliphatic rings. The summed E-state index contributed by atoms with van der Waals surface area (Å²) in [6, 6.07) is 9.10. The molecule has 0 N–H and O–H groups in total. The number of aromatic nitrogens is 2. The number of piperazine rings is 1. The molecule has 0 bridgehead atoms. The summed E-state index contributed by atoms with van der Waals surface area (Å²) in [4.78, 5) is 2.70. The Hall–Kier alpha value is -1.70. The van der Waals surface area contributed by atoms with Crippen molar-refractivity contribution >= 4 is 10.0 Å². The highest BCUT2D eigenvalue weighted by Crippen LogP contribution is 2.18. The number of nitrogens with zero attached hydrogens (tertiary/aromatic N) is 4. The Morgan fingerprint density at radius 2 is 1.71 bits per heavy atom. The van der Waals surface area contributed by atoms with Crippen LogP contribution in [0.15, 0.2) is 41.4 Å². The maximum Gasteiger partial charge on any atom is 0.243 e. The van der Waals surface area contributed by atoms with E-state index in [1.54, 1.807) is 22.6 Å². The van der Waals surface area contributed by atoms with Gasteiger partial charge < -0.3 is 4.90 Å². The molecular weight excluding hydrogens is 324 g/mol. The first-order valence-corrected chi connectivity index (χ1v) is 9.67. The number of aryl methyl sites for hydroxylation is 2. The highest BCUT2D eigenvalue weighted by Gasteiger charge is 2.28. The second-order valence-electron chi connectivity index (χ2n) is 6.25. The molecule has 0 saturated carbocycles. The summed E-state index contributed by atoms with van der Waals surface area (Å²) in [5.41, 5.74) is 2.26. The maximum absolute atomic E-state index is 12.7. The SMILES string of the molecule is Cc1ccc(S(=O)(=O)N2CCN(CCc3ccnn3C)CC2)cc1. The molecule has 7 heteroatoms. The van der Waals surface area contributed by atoms with Crippen LogP contribution < -0.4 is 0 Å². The minimum atomic E-state index is -3.37. The van der Waals surface area contributed by atoms with Crippen LogP contribution in [-0.2, 0) is 23.5 Å². The minimum absolute atomic E-state index is 0.386. The van der Waals surface area contributed by atoms with Crippen molar-refractivity contribution in [3.8, 4) is 0 Å². The van der Waals surface area contributed by atoms with Gasteiger partial charge in [-0.25, -0.2) is 8.42 Å². The van der Waals surface area contributed by atoms with E-state index in [-0.39, 0.29) is 0 Å². The lowest BCUT2D eigenvalue weighted by atomic mass is 10.2. The third-order valence-corrected chi connectivity index (χ3v) is 6.51. The van der Waals surface area contributed by atoms with Gasteiger partial charge in [0.25, 0.3) is 0 Å². The van der Waals surface area contributed by atoms with Crippen molar-refractivity contribution < 1.29 is 8.42 Å². The van der Waals surface area contributed by atoms with Gasteiger partial charge in [-0.15, -0.1) is 0 Å². The summed E-state index contributed by atoms with van der Waals surface area (Å²) >= 11 is 0. The van der Waals surface area contributed by atoms with E-state index in [9.17, 15) is 8.42 Å². The molecule has 3 rings (SSSR count). The van der Waals surface area contributed by atoms with Gasteiger partial charge in [-0.05, 0) is 25.1 Å². The van der Waals surface area contributed by atoms with E-state index in [4.69, 9.17) is 0 Å². The lowest BCUT2D eigenvalue weighted by molar-refractivity contribution is 0.189. The van der Waals surface area contributed by atoms with E-state index in [0.717, 1.165) is 31.6 Å². The van der Waals surface area contributed by atoms with Crippen LogP contribution in [0.4, 0.5) is 0 Å². The summed E-state index contributed by atoms with van der Waals surface area (Å²) in [7, 11) is -1.43. The number of benzene rings is 1. The number of sulfonamides is 1. The fourth-order valence-corrected chi connectivity index (χ4v) is 4.39. The number of hydrogen-bond acceptors (Lipinski definition) is 4. The van der Waals surface area contributed by atoms with Crippen molar-refractivity contribution in [3.63, 3.8) is 0 Å². The van der Waals surface area contributed by atoms with Gasteiger partial charge >= 0.3 is 0 Å². The van der Waals surface area contributed by atoms with E-state index in [1.165, 1.54) is 5.69 Å². The van der Waals surface area contributed by atoms with Crippen LogP contribution in [0, 0.1) is 6.92 Å². The van der Waals surface area contributed by atoms with Crippen LogP contribution in [0.3, 0.4) is 0 Å². The Morgan fingerprint density at radius 1 is 1.04 bits per heavy atom. The smallest absolute Gasteiger partial charge is 0.243 e. The zero-order valence-corrected chi connectivity index (χ0v) is 15.0. The van der Waals surface area contributed by atoms with E-state index in [1.807, 2.05) is 36.9 Å². The van der Waals surface area contributed by atoms with Crippen molar-refractivity contribution in [2.24, 2.45) is 7.05 Å². The number of rotatable bonds is 5. The zero-order chi connectivity index (χ0) is 17.2. The molecule has 1 aromatic heterocycles. The third-order valence-electron chi connectivity index (χ3n) is 4.60. The van der Waals surface area contributed by atoms with Gasteiger partial charge in [0.2, 0.25) is 10.0 Å². The van der Waals surface area contributed by atoms with Crippen LogP contribution >= 0.6 is 0 Å². The van der Waals surface area contributed by atoms with Gasteiger partial charge in [-0.2, -0.15) is 9.40 Å². The third kappa shape index (κ3) is 3.68. The van der Waals surface area contributed by atoms with Gasteiger partial charge in [0, 0.05) is 58.1 Å². The standard InChI is InChI=1S/C17H24N4O2S/c1-15-3-5-17(6-4-15)24(22,23)21-13-11-20(12-14-21)10-8-16-7-9-18-19(16)2/h3-7,9H,8,10-14H2,1-2H3. The molecule has 0 radical (unpaired) electrons. The quantitative estimate of drug-likeness (QED) is 0.817. The Kier molecular flexibility index (Phi) is 5.03. The highest BCUT2D eigenvalue weighted by molar-refractivity contribution is 7.89. The predicted molar refractivity (Wildman–Crippen MR) is 93.3 cm³/mol. The Morgan fingerprint density at radius 3 is 2.29 bits per heavy atom. The van der Waals surface area contributed by atoms with Gasteiger partial charge in [0.1, 0.15) is 0 Å². The Balaban J connectivity index is 1.56. The molecule has 2 aromatic rings. The summed E-state index contributed by atoms with van der Waals surface area (Å²) in [6.45, 7) is 5.50. The van der Waals surface area contributed by atoms with Crippen LogP contribution in [0.5, 0.6) is 0 Å². The van der Waals surface area contributed by atoms with Crippen LogP contribution in [0.25, 0.3) is 0 Å². The minimum Gasteiger partial charge on any atom is -0.300 e. The fraction of sp³-hybridized carbons (Fsp3) is 0.471. The molecule has 6 nitrogen and oxygen atoms in total. The normalized spacial score (nSPS) is 17.2. The molecular formula is C17H24N4O2S.